The molecule has 0 aliphatic heterocycles. The molecule has 0 saturated carbocycles. The van der Waals surface area contributed by atoms with Gasteiger partial charge in [0.25, 0.3) is 0 Å². The number of pyridine rings is 1. The Morgan fingerprint density at radius 2 is 1.44 bits per heavy atom. The van der Waals surface area contributed by atoms with E-state index in [-0.39, 0.29) is 6.07 Å². The maximum atomic E-state index is 12.3. The molecule has 1 aromatic heterocycles. The van der Waals surface area contributed by atoms with Gasteiger partial charge >= 0.3 is 12.4 Å². The Bertz CT molecular complexity index is 411. The lowest BCUT2D eigenvalue weighted by atomic mass is 10.1. The van der Waals surface area contributed by atoms with Crippen LogP contribution < -0.4 is 0 Å². The van der Waals surface area contributed by atoms with Crippen molar-refractivity contribution in [2.45, 2.75) is 12.4 Å². The topological polar surface area (TPSA) is 12.9 Å². The number of halogens is 8. The van der Waals surface area contributed by atoms with E-state index in [1.54, 1.807) is 0 Å². The molecule has 0 saturated heterocycles. The Morgan fingerprint density at radius 3 is 1.81 bits per heavy atom. The summed E-state index contributed by atoms with van der Waals surface area (Å²) in [5.74, 6) is 0. The molecule has 0 unspecified atom stereocenters. The van der Waals surface area contributed by atoms with Crippen LogP contribution in [-0.2, 0) is 12.4 Å². The van der Waals surface area contributed by atoms with Crippen LogP contribution in [0.5, 0.6) is 0 Å². The molecule has 0 amide bonds. The molecule has 0 aliphatic carbocycles. The van der Waals surface area contributed by atoms with Gasteiger partial charge in [-0.25, -0.2) is 4.98 Å². The Balaban J connectivity index is 3.58. The highest BCUT2D eigenvalue weighted by atomic mass is 35.5. The lowest BCUT2D eigenvalue weighted by Gasteiger charge is -2.16. The Kier molecular flexibility index (Phi) is 3.31. The Labute approximate surface area is 95.0 Å². The van der Waals surface area contributed by atoms with Crippen LogP contribution in [0.1, 0.15) is 11.1 Å². The maximum absolute atomic E-state index is 12.3. The van der Waals surface area contributed by atoms with E-state index in [9.17, 15) is 26.3 Å². The zero-order valence-corrected chi connectivity index (χ0v) is 8.56. The molecule has 0 bridgehead atoms. The second-order valence-corrected chi connectivity index (χ2v) is 3.40. The third kappa shape index (κ3) is 2.70. The molecule has 0 radical (unpaired) electrons. The fraction of sp³-hybridized carbons (Fsp3) is 0.286. The second-order valence-electron chi connectivity index (χ2n) is 2.65. The summed E-state index contributed by atoms with van der Waals surface area (Å²) in [7, 11) is 0. The van der Waals surface area contributed by atoms with Crippen LogP contribution in [0.15, 0.2) is 6.07 Å². The standard InChI is InChI=1S/C7HCl2F6N/c8-3-1-2(6(10,11)12)4(5(9)16-3)7(13,14)15/h1H. The van der Waals surface area contributed by atoms with E-state index in [2.05, 4.69) is 4.98 Å². The first-order valence-electron chi connectivity index (χ1n) is 3.54. The molecule has 0 fully saturated rings. The van der Waals surface area contributed by atoms with Crippen molar-refractivity contribution in [2.75, 3.05) is 0 Å². The third-order valence-corrected chi connectivity index (χ3v) is 2.00. The number of alkyl halides is 6. The molecule has 90 valence electrons. The van der Waals surface area contributed by atoms with Gasteiger partial charge in [-0.3, -0.25) is 0 Å². The summed E-state index contributed by atoms with van der Waals surface area (Å²) < 4.78 is 73.8. The first-order chi connectivity index (χ1) is 7.03. The molecule has 16 heavy (non-hydrogen) atoms. The minimum Gasteiger partial charge on any atom is -0.224 e. The van der Waals surface area contributed by atoms with Gasteiger partial charge in [0.15, 0.2) is 0 Å². The van der Waals surface area contributed by atoms with E-state index in [0.717, 1.165) is 0 Å². The van der Waals surface area contributed by atoms with Gasteiger partial charge in [0.2, 0.25) is 0 Å². The second kappa shape index (κ2) is 3.96. The smallest absolute Gasteiger partial charge is 0.224 e. The molecule has 0 aromatic carbocycles. The molecule has 0 aliphatic rings. The summed E-state index contributed by atoms with van der Waals surface area (Å²) in [5.41, 5.74) is -3.99. The van der Waals surface area contributed by atoms with Crippen molar-refractivity contribution in [3.8, 4) is 0 Å². The van der Waals surface area contributed by atoms with Gasteiger partial charge < -0.3 is 0 Å². The summed E-state index contributed by atoms with van der Waals surface area (Å²) >= 11 is 10.1. The van der Waals surface area contributed by atoms with Gasteiger partial charge in [-0.2, -0.15) is 26.3 Å². The minimum atomic E-state index is -5.25. The SMILES string of the molecule is FC(F)(F)c1cc(Cl)nc(Cl)c1C(F)(F)F. The van der Waals surface area contributed by atoms with Crippen LogP contribution in [0.4, 0.5) is 26.3 Å². The van der Waals surface area contributed by atoms with Crippen LogP contribution in [0, 0.1) is 0 Å². The highest BCUT2D eigenvalue weighted by molar-refractivity contribution is 6.33. The first-order valence-corrected chi connectivity index (χ1v) is 4.29. The van der Waals surface area contributed by atoms with Crippen molar-refractivity contribution in [3.05, 3.63) is 27.5 Å². The van der Waals surface area contributed by atoms with Gasteiger partial charge in [-0.1, -0.05) is 23.2 Å². The van der Waals surface area contributed by atoms with Crippen molar-refractivity contribution in [1.82, 2.24) is 4.98 Å². The fourth-order valence-corrected chi connectivity index (χ4v) is 1.51. The van der Waals surface area contributed by atoms with Gasteiger partial charge in [-0.15, -0.1) is 0 Å². The molecule has 9 heteroatoms. The molecule has 1 aromatic rings. The summed E-state index contributed by atoms with van der Waals surface area (Å²) in [6, 6.07) is 0.0796. The van der Waals surface area contributed by atoms with Crippen molar-refractivity contribution in [1.29, 1.82) is 0 Å². The summed E-state index contributed by atoms with van der Waals surface area (Å²) in [4.78, 5) is 2.93. The van der Waals surface area contributed by atoms with Crippen LogP contribution in [0.3, 0.4) is 0 Å². The lowest BCUT2D eigenvalue weighted by molar-refractivity contribution is -0.162. The third-order valence-electron chi connectivity index (χ3n) is 1.53. The van der Waals surface area contributed by atoms with Crippen molar-refractivity contribution in [3.63, 3.8) is 0 Å². The van der Waals surface area contributed by atoms with Gasteiger partial charge in [-0.05, 0) is 6.07 Å². The minimum absolute atomic E-state index is 0.0796. The normalized spacial score (nSPS) is 13.0. The quantitative estimate of drug-likeness (QED) is 0.507. The van der Waals surface area contributed by atoms with Gasteiger partial charge in [0.1, 0.15) is 15.9 Å². The highest BCUT2D eigenvalue weighted by Gasteiger charge is 2.45. The van der Waals surface area contributed by atoms with E-state index in [1.807, 2.05) is 0 Å². The number of hydrogen-bond donors (Lipinski definition) is 0. The summed E-state index contributed by atoms with van der Waals surface area (Å²) in [5, 5.41) is -2.09. The molecule has 0 N–H and O–H groups in total. The predicted molar refractivity (Wildman–Crippen MR) is 44.3 cm³/mol. The van der Waals surface area contributed by atoms with E-state index in [4.69, 9.17) is 23.2 Å². The molecule has 0 spiro atoms. The maximum Gasteiger partial charge on any atom is 0.419 e. The summed E-state index contributed by atoms with van der Waals surface area (Å²) in [6.45, 7) is 0. The van der Waals surface area contributed by atoms with Crippen LogP contribution in [0.2, 0.25) is 10.3 Å². The Morgan fingerprint density at radius 1 is 0.938 bits per heavy atom. The van der Waals surface area contributed by atoms with E-state index in [0.29, 0.717) is 0 Å². The zero-order valence-electron chi connectivity index (χ0n) is 7.05. The Hall–Kier alpha value is -0.690. The number of hydrogen-bond acceptors (Lipinski definition) is 1. The van der Waals surface area contributed by atoms with Crippen molar-refractivity contribution in [2.24, 2.45) is 0 Å². The average molecular weight is 284 g/mol. The van der Waals surface area contributed by atoms with E-state index < -0.39 is 33.8 Å². The van der Waals surface area contributed by atoms with Crippen LogP contribution in [-0.4, -0.2) is 4.98 Å². The van der Waals surface area contributed by atoms with Gasteiger partial charge in [0, 0.05) is 0 Å². The molecule has 0 atom stereocenters. The first kappa shape index (κ1) is 13.4. The van der Waals surface area contributed by atoms with E-state index >= 15 is 0 Å². The highest BCUT2D eigenvalue weighted by Crippen LogP contribution is 2.43. The summed E-state index contributed by atoms with van der Waals surface area (Å²) in [6.07, 6.45) is -10.5. The zero-order chi connectivity index (χ0) is 12.7. The van der Waals surface area contributed by atoms with Gasteiger partial charge in [0.05, 0.1) is 5.56 Å². The molecule has 1 heterocycles. The average Bonchev–Trinajstić information content (AvgIpc) is 1.97. The largest absolute Gasteiger partial charge is 0.419 e. The number of nitrogens with zero attached hydrogens (tertiary/aromatic N) is 1. The molecule has 1 nitrogen and oxygen atoms in total. The molecular weight excluding hydrogens is 283 g/mol. The molecule has 1 rings (SSSR count). The molecular formula is C7HCl2F6N. The van der Waals surface area contributed by atoms with Crippen LogP contribution in [0.25, 0.3) is 0 Å². The number of rotatable bonds is 0. The lowest BCUT2D eigenvalue weighted by Crippen LogP contribution is -2.18. The van der Waals surface area contributed by atoms with Crippen molar-refractivity contribution >= 4 is 23.2 Å². The van der Waals surface area contributed by atoms with Crippen LogP contribution >= 0.6 is 23.2 Å². The predicted octanol–water partition coefficient (Wildman–Crippen LogP) is 4.43. The number of aromatic nitrogens is 1. The van der Waals surface area contributed by atoms with E-state index in [1.165, 1.54) is 0 Å². The van der Waals surface area contributed by atoms with Crippen molar-refractivity contribution < 1.29 is 26.3 Å². The monoisotopic (exact) mass is 283 g/mol. The fourth-order valence-electron chi connectivity index (χ4n) is 0.978.